The minimum atomic E-state index is 0.0278. The molecule has 0 saturated heterocycles. The van der Waals surface area contributed by atoms with Gasteiger partial charge in [-0.1, -0.05) is 0 Å². The fourth-order valence-electron chi connectivity index (χ4n) is 1.00. The molecule has 2 N–H and O–H groups in total. The van der Waals surface area contributed by atoms with Gasteiger partial charge in [0, 0.05) is 6.61 Å². The third-order valence-corrected chi connectivity index (χ3v) is 1.93. The third kappa shape index (κ3) is 8.44. The lowest BCUT2D eigenvalue weighted by Gasteiger charge is -2.24. The molecule has 0 spiro atoms. The first-order valence-electron chi connectivity index (χ1n) is 5.26. The summed E-state index contributed by atoms with van der Waals surface area (Å²) in [6.45, 7) is 3.64. The van der Waals surface area contributed by atoms with Gasteiger partial charge in [-0.05, 0) is 26.2 Å². The van der Waals surface area contributed by atoms with Crippen molar-refractivity contribution in [2.24, 2.45) is 0 Å². The van der Waals surface area contributed by atoms with Crippen LogP contribution in [0.3, 0.4) is 0 Å². The van der Waals surface area contributed by atoms with Crippen molar-refractivity contribution in [2.45, 2.75) is 32.3 Å². The van der Waals surface area contributed by atoms with Crippen molar-refractivity contribution < 1.29 is 19.7 Å². The van der Waals surface area contributed by atoms with E-state index in [9.17, 15) is 0 Å². The molecule has 0 heterocycles. The summed E-state index contributed by atoms with van der Waals surface area (Å²) in [6.07, 6.45) is 4.61. The summed E-state index contributed by atoms with van der Waals surface area (Å²) in [6, 6.07) is 0. The molecular weight excluding hydrogens is 184 g/mol. The summed E-state index contributed by atoms with van der Waals surface area (Å²) in [5.41, 5.74) is 0. The molecule has 0 aromatic heterocycles. The molecule has 0 atom stereocenters. The Bertz CT molecular complexity index is 100. The fraction of sp³-hybridized carbons (Fsp3) is 1.00. The zero-order valence-electron chi connectivity index (χ0n) is 8.95. The molecule has 0 aromatic rings. The summed E-state index contributed by atoms with van der Waals surface area (Å²) in [5, 5.41) is 16.2. The topological polar surface area (TPSA) is 58.9 Å². The van der Waals surface area contributed by atoms with E-state index in [1.807, 2.05) is 0 Å². The Morgan fingerprint density at radius 3 is 1.93 bits per heavy atom. The molecule has 1 saturated carbocycles. The molecule has 0 unspecified atom stereocenters. The molecule has 1 rings (SSSR count). The molecule has 0 bridgehead atoms. The van der Waals surface area contributed by atoms with Crippen molar-refractivity contribution in [3.8, 4) is 0 Å². The summed E-state index contributed by atoms with van der Waals surface area (Å²) in [4.78, 5) is 0. The quantitative estimate of drug-likeness (QED) is 0.624. The van der Waals surface area contributed by atoms with Gasteiger partial charge in [-0.2, -0.15) is 0 Å². The number of aliphatic hydroxyl groups excluding tert-OH is 2. The minimum Gasteiger partial charge on any atom is -0.394 e. The van der Waals surface area contributed by atoms with Gasteiger partial charge in [0.05, 0.1) is 32.5 Å². The molecule has 0 amide bonds. The maximum atomic E-state index is 8.09. The van der Waals surface area contributed by atoms with Gasteiger partial charge in [-0.3, -0.25) is 0 Å². The van der Waals surface area contributed by atoms with E-state index in [0.717, 1.165) is 6.61 Å². The van der Waals surface area contributed by atoms with Gasteiger partial charge < -0.3 is 19.7 Å². The van der Waals surface area contributed by atoms with Crippen molar-refractivity contribution in [1.82, 2.24) is 0 Å². The maximum Gasteiger partial charge on any atom is 0.0698 e. The van der Waals surface area contributed by atoms with Crippen molar-refractivity contribution in [2.75, 3.05) is 33.0 Å². The molecule has 4 heteroatoms. The SMILES string of the molecule is CCOC1CCC1.OCCOCCO. The van der Waals surface area contributed by atoms with Crippen molar-refractivity contribution in [1.29, 1.82) is 0 Å². The van der Waals surface area contributed by atoms with Crippen LogP contribution in [0.5, 0.6) is 0 Å². The van der Waals surface area contributed by atoms with E-state index in [0.29, 0.717) is 19.3 Å². The van der Waals surface area contributed by atoms with Crippen molar-refractivity contribution in [3.05, 3.63) is 0 Å². The normalized spacial score (nSPS) is 15.6. The molecule has 0 radical (unpaired) electrons. The van der Waals surface area contributed by atoms with Gasteiger partial charge in [0.1, 0.15) is 0 Å². The van der Waals surface area contributed by atoms with Crippen LogP contribution in [-0.2, 0) is 9.47 Å². The van der Waals surface area contributed by atoms with E-state index >= 15 is 0 Å². The average Bonchev–Trinajstić information content (AvgIpc) is 2.14. The number of ether oxygens (including phenoxy) is 2. The van der Waals surface area contributed by atoms with E-state index in [1.54, 1.807) is 0 Å². The lowest BCUT2D eigenvalue weighted by atomic mass is 9.96. The Morgan fingerprint density at radius 2 is 1.71 bits per heavy atom. The van der Waals surface area contributed by atoms with Gasteiger partial charge in [0.2, 0.25) is 0 Å². The Hall–Kier alpha value is -0.160. The zero-order valence-corrected chi connectivity index (χ0v) is 8.95. The Balaban J connectivity index is 0.000000241. The van der Waals surface area contributed by atoms with Crippen LogP contribution in [0.25, 0.3) is 0 Å². The van der Waals surface area contributed by atoms with Gasteiger partial charge >= 0.3 is 0 Å². The van der Waals surface area contributed by atoms with Crippen LogP contribution in [0.15, 0.2) is 0 Å². The van der Waals surface area contributed by atoms with Crippen molar-refractivity contribution in [3.63, 3.8) is 0 Å². The Morgan fingerprint density at radius 1 is 1.14 bits per heavy atom. The predicted molar refractivity (Wildman–Crippen MR) is 54.3 cm³/mol. The fourth-order valence-corrected chi connectivity index (χ4v) is 1.00. The first kappa shape index (κ1) is 13.8. The average molecular weight is 206 g/mol. The second-order valence-electron chi connectivity index (χ2n) is 3.07. The highest BCUT2D eigenvalue weighted by atomic mass is 16.5. The molecule has 14 heavy (non-hydrogen) atoms. The monoisotopic (exact) mass is 206 g/mol. The highest BCUT2D eigenvalue weighted by molar-refractivity contribution is 4.68. The molecule has 0 aromatic carbocycles. The summed E-state index contributed by atoms with van der Waals surface area (Å²) in [5.74, 6) is 0. The Labute approximate surface area is 85.8 Å². The van der Waals surface area contributed by atoms with Crippen LogP contribution in [0, 0.1) is 0 Å². The summed E-state index contributed by atoms with van der Waals surface area (Å²) < 4.78 is 9.91. The molecular formula is C10H22O4. The van der Waals surface area contributed by atoms with E-state index in [2.05, 4.69) is 11.7 Å². The molecule has 0 aliphatic heterocycles. The number of hydrogen-bond acceptors (Lipinski definition) is 4. The molecule has 86 valence electrons. The Kier molecular flexibility index (Phi) is 10.8. The van der Waals surface area contributed by atoms with E-state index < -0.39 is 0 Å². The lowest BCUT2D eigenvalue weighted by Crippen LogP contribution is -2.20. The van der Waals surface area contributed by atoms with Crippen LogP contribution in [0.1, 0.15) is 26.2 Å². The number of aliphatic hydroxyl groups is 2. The van der Waals surface area contributed by atoms with Crippen LogP contribution in [0.2, 0.25) is 0 Å². The van der Waals surface area contributed by atoms with Gasteiger partial charge in [0.15, 0.2) is 0 Å². The molecule has 4 nitrogen and oxygen atoms in total. The smallest absolute Gasteiger partial charge is 0.0698 e. The van der Waals surface area contributed by atoms with Crippen LogP contribution < -0.4 is 0 Å². The first-order valence-corrected chi connectivity index (χ1v) is 5.26. The third-order valence-electron chi connectivity index (χ3n) is 1.93. The maximum absolute atomic E-state index is 8.09. The van der Waals surface area contributed by atoms with Crippen LogP contribution in [-0.4, -0.2) is 49.4 Å². The highest BCUT2D eigenvalue weighted by Crippen LogP contribution is 2.21. The van der Waals surface area contributed by atoms with Crippen LogP contribution in [0.4, 0.5) is 0 Å². The summed E-state index contributed by atoms with van der Waals surface area (Å²) in [7, 11) is 0. The van der Waals surface area contributed by atoms with E-state index in [1.165, 1.54) is 19.3 Å². The van der Waals surface area contributed by atoms with Gasteiger partial charge in [-0.15, -0.1) is 0 Å². The molecule has 1 fully saturated rings. The largest absolute Gasteiger partial charge is 0.394 e. The molecule has 1 aliphatic carbocycles. The molecule has 1 aliphatic rings. The second kappa shape index (κ2) is 10.9. The van der Waals surface area contributed by atoms with Crippen molar-refractivity contribution >= 4 is 0 Å². The van der Waals surface area contributed by atoms with E-state index in [-0.39, 0.29) is 13.2 Å². The second-order valence-corrected chi connectivity index (χ2v) is 3.07. The van der Waals surface area contributed by atoms with E-state index in [4.69, 9.17) is 14.9 Å². The zero-order chi connectivity index (χ0) is 10.6. The number of rotatable bonds is 6. The van der Waals surface area contributed by atoms with Gasteiger partial charge in [-0.25, -0.2) is 0 Å². The predicted octanol–water partition coefficient (Wildman–Crippen LogP) is 0.563. The minimum absolute atomic E-state index is 0.0278. The van der Waals surface area contributed by atoms with Gasteiger partial charge in [0.25, 0.3) is 0 Å². The summed E-state index contributed by atoms with van der Waals surface area (Å²) >= 11 is 0. The number of hydrogen-bond donors (Lipinski definition) is 2. The first-order chi connectivity index (χ1) is 6.85. The lowest BCUT2D eigenvalue weighted by molar-refractivity contribution is 0.00995. The standard InChI is InChI=1S/C6H12O.C4H10O3/c1-2-7-6-4-3-5-6;5-1-3-7-4-2-6/h6H,2-5H2,1H3;5-6H,1-4H2. The van der Waals surface area contributed by atoms with Crippen LogP contribution >= 0.6 is 0 Å². The highest BCUT2D eigenvalue weighted by Gasteiger charge is 2.15.